The second-order valence-corrected chi connectivity index (χ2v) is 4.66. The quantitative estimate of drug-likeness (QED) is 0.661. The summed E-state index contributed by atoms with van der Waals surface area (Å²) < 4.78 is 5.87. The lowest BCUT2D eigenvalue weighted by Crippen LogP contribution is -2.23. The Morgan fingerprint density at radius 2 is 1.81 bits per heavy atom. The topological polar surface area (TPSA) is 26.3 Å². The van der Waals surface area contributed by atoms with E-state index in [-0.39, 0.29) is 11.4 Å². The predicted octanol–water partition coefficient (Wildman–Crippen LogP) is 2.96. The summed E-state index contributed by atoms with van der Waals surface area (Å²) in [7, 11) is 0. The van der Waals surface area contributed by atoms with E-state index in [1.54, 1.807) is 0 Å². The Bertz CT molecular complexity index is 548. The number of hydrogen-bond acceptors (Lipinski definition) is 2. The van der Waals surface area contributed by atoms with Crippen molar-refractivity contribution in [1.82, 2.24) is 0 Å². The number of rotatable bonds is 0. The van der Waals surface area contributed by atoms with Crippen LogP contribution in [0, 0.1) is 0 Å². The number of fused-ring (bicyclic) bond motifs is 2. The predicted molar refractivity (Wildman–Crippen MR) is 62.0 cm³/mol. The molecule has 1 aromatic carbocycles. The number of hydrogen-bond donors (Lipinski definition) is 0. The Morgan fingerprint density at radius 1 is 1.12 bits per heavy atom. The average molecular weight is 212 g/mol. The lowest BCUT2D eigenvalue weighted by Gasteiger charge is -2.27. The van der Waals surface area contributed by atoms with Crippen molar-refractivity contribution in [2.75, 3.05) is 0 Å². The van der Waals surface area contributed by atoms with Crippen LogP contribution in [0.5, 0.6) is 0 Å². The summed E-state index contributed by atoms with van der Waals surface area (Å²) >= 11 is 0. The highest BCUT2D eigenvalue weighted by molar-refractivity contribution is 6.21. The Morgan fingerprint density at radius 3 is 2.56 bits per heavy atom. The Kier molecular flexibility index (Phi) is 1.67. The van der Waals surface area contributed by atoms with E-state index in [1.807, 2.05) is 50.3 Å². The Labute approximate surface area is 94.2 Å². The maximum absolute atomic E-state index is 12.1. The number of ketones is 1. The number of Topliss-reactive ketones (excluding diaryl/α,β-unsaturated/α-hetero) is 1. The number of ether oxygens (including phenoxy) is 1. The van der Waals surface area contributed by atoms with E-state index in [0.29, 0.717) is 5.57 Å². The van der Waals surface area contributed by atoms with Gasteiger partial charge in [-0.2, -0.15) is 0 Å². The SMILES string of the molecule is CC1(C)C=CC2=C(O1)c1ccccc1C2=O. The van der Waals surface area contributed by atoms with Gasteiger partial charge < -0.3 is 4.74 Å². The van der Waals surface area contributed by atoms with Crippen molar-refractivity contribution in [3.63, 3.8) is 0 Å². The maximum atomic E-state index is 12.1. The molecule has 0 saturated carbocycles. The zero-order valence-corrected chi connectivity index (χ0v) is 9.28. The first-order valence-electron chi connectivity index (χ1n) is 5.35. The maximum Gasteiger partial charge on any atom is 0.197 e. The first-order valence-corrected chi connectivity index (χ1v) is 5.35. The molecule has 0 atom stereocenters. The number of benzene rings is 1. The summed E-state index contributed by atoms with van der Waals surface area (Å²) in [4.78, 5) is 12.1. The molecule has 0 bridgehead atoms. The van der Waals surface area contributed by atoms with Crippen LogP contribution in [0.15, 0.2) is 42.0 Å². The molecule has 1 aliphatic carbocycles. The van der Waals surface area contributed by atoms with Crippen molar-refractivity contribution in [2.24, 2.45) is 0 Å². The molecule has 0 saturated heterocycles. The van der Waals surface area contributed by atoms with E-state index in [4.69, 9.17) is 4.74 Å². The monoisotopic (exact) mass is 212 g/mol. The fourth-order valence-electron chi connectivity index (χ4n) is 2.11. The number of carbonyl (C=O) groups is 1. The second-order valence-electron chi connectivity index (χ2n) is 4.66. The highest BCUT2D eigenvalue weighted by atomic mass is 16.5. The molecule has 1 aromatic rings. The molecule has 80 valence electrons. The normalized spacial score (nSPS) is 20.5. The molecule has 0 N–H and O–H groups in total. The van der Waals surface area contributed by atoms with Crippen molar-refractivity contribution in [2.45, 2.75) is 19.4 Å². The van der Waals surface area contributed by atoms with Crippen molar-refractivity contribution in [3.05, 3.63) is 53.1 Å². The van der Waals surface area contributed by atoms with Crippen LogP contribution in [0.4, 0.5) is 0 Å². The van der Waals surface area contributed by atoms with Crippen LogP contribution in [-0.2, 0) is 4.74 Å². The van der Waals surface area contributed by atoms with Gasteiger partial charge in [0.15, 0.2) is 5.78 Å². The smallest absolute Gasteiger partial charge is 0.197 e. The summed E-state index contributed by atoms with van der Waals surface area (Å²) in [5.41, 5.74) is 2.01. The molecule has 2 nitrogen and oxygen atoms in total. The van der Waals surface area contributed by atoms with E-state index >= 15 is 0 Å². The standard InChI is InChI=1S/C14H12O2/c1-14(2)8-7-11-12(15)9-5-3-4-6-10(9)13(11)16-14/h3-8H,1-2H3. The summed E-state index contributed by atoms with van der Waals surface area (Å²) in [6.45, 7) is 3.97. The third-order valence-electron chi connectivity index (χ3n) is 2.92. The highest BCUT2D eigenvalue weighted by Gasteiger charge is 2.35. The second kappa shape index (κ2) is 2.85. The van der Waals surface area contributed by atoms with Crippen LogP contribution >= 0.6 is 0 Å². The van der Waals surface area contributed by atoms with E-state index in [1.165, 1.54) is 0 Å². The van der Waals surface area contributed by atoms with Gasteiger partial charge in [0.25, 0.3) is 0 Å². The average Bonchev–Trinajstić information content (AvgIpc) is 2.52. The molecule has 1 aliphatic heterocycles. The van der Waals surface area contributed by atoms with E-state index in [9.17, 15) is 4.79 Å². The van der Waals surface area contributed by atoms with Crippen molar-refractivity contribution < 1.29 is 9.53 Å². The first kappa shape index (κ1) is 9.40. The van der Waals surface area contributed by atoms with Gasteiger partial charge >= 0.3 is 0 Å². The van der Waals surface area contributed by atoms with E-state index in [0.717, 1.165) is 16.9 Å². The summed E-state index contributed by atoms with van der Waals surface area (Å²) in [6, 6.07) is 7.59. The fourth-order valence-corrected chi connectivity index (χ4v) is 2.11. The van der Waals surface area contributed by atoms with Gasteiger partial charge in [0.2, 0.25) is 0 Å². The fraction of sp³-hybridized carbons (Fsp3) is 0.214. The molecule has 2 aliphatic rings. The minimum atomic E-state index is -0.337. The molecule has 0 fully saturated rings. The van der Waals surface area contributed by atoms with Crippen LogP contribution in [0.25, 0.3) is 5.76 Å². The van der Waals surface area contributed by atoms with E-state index < -0.39 is 0 Å². The van der Waals surface area contributed by atoms with Crippen molar-refractivity contribution in [1.29, 1.82) is 0 Å². The third-order valence-corrected chi connectivity index (χ3v) is 2.92. The minimum Gasteiger partial charge on any atom is -0.482 e. The van der Waals surface area contributed by atoms with Crippen LogP contribution in [0.3, 0.4) is 0 Å². The summed E-state index contributed by atoms with van der Waals surface area (Å²) in [6.07, 6.45) is 3.80. The summed E-state index contributed by atoms with van der Waals surface area (Å²) in [5, 5.41) is 0. The van der Waals surface area contributed by atoms with Gasteiger partial charge in [0.1, 0.15) is 11.4 Å². The molecule has 3 rings (SSSR count). The first-order chi connectivity index (χ1) is 7.58. The summed E-state index contributed by atoms with van der Waals surface area (Å²) in [5.74, 6) is 0.797. The molecule has 0 amide bonds. The molecule has 0 aromatic heterocycles. The number of allylic oxidation sites excluding steroid dienone is 2. The zero-order valence-electron chi connectivity index (χ0n) is 9.28. The molecule has 2 heteroatoms. The molecule has 0 radical (unpaired) electrons. The van der Waals surface area contributed by atoms with Gasteiger partial charge in [-0.1, -0.05) is 24.3 Å². The van der Waals surface area contributed by atoms with Gasteiger partial charge in [0.05, 0.1) is 5.57 Å². The van der Waals surface area contributed by atoms with Crippen LogP contribution in [0.1, 0.15) is 29.8 Å². The largest absolute Gasteiger partial charge is 0.482 e. The molecule has 1 heterocycles. The van der Waals surface area contributed by atoms with Gasteiger partial charge in [-0.05, 0) is 26.0 Å². The molecule has 0 unspecified atom stereocenters. The molecular formula is C14H12O2. The van der Waals surface area contributed by atoms with Crippen LogP contribution in [0.2, 0.25) is 0 Å². The third kappa shape index (κ3) is 1.16. The van der Waals surface area contributed by atoms with Gasteiger partial charge in [0, 0.05) is 11.1 Å². The van der Waals surface area contributed by atoms with Crippen molar-refractivity contribution in [3.8, 4) is 0 Å². The Balaban J connectivity index is 2.20. The van der Waals surface area contributed by atoms with Crippen LogP contribution in [-0.4, -0.2) is 11.4 Å². The van der Waals surface area contributed by atoms with Gasteiger partial charge in [-0.3, -0.25) is 4.79 Å². The minimum absolute atomic E-state index is 0.0670. The molecular weight excluding hydrogens is 200 g/mol. The Hall–Kier alpha value is -1.83. The lowest BCUT2D eigenvalue weighted by molar-refractivity contribution is 0.102. The zero-order chi connectivity index (χ0) is 11.3. The van der Waals surface area contributed by atoms with Crippen molar-refractivity contribution >= 4 is 11.5 Å². The number of carbonyl (C=O) groups excluding carboxylic acids is 1. The molecule has 16 heavy (non-hydrogen) atoms. The molecule has 0 spiro atoms. The van der Waals surface area contributed by atoms with E-state index in [2.05, 4.69) is 0 Å². The lowest BCUT2D eigenvalue weighted by atomic mass is 10.0. The highest BCUT2D eigenvalue weighted by Crippen LogP contribution is 2.39. The van der Waals surface area contributed by atoms with Crippen LogP contribution < -0.4 is 0 Å². The van der Waals surface area contributed by atoms with Gasteiger partial charge in [-0.25, -0.2) is 0 Å². The van der Waals surface area contributed by atoms with Gasteiger partial charge in [-0.15, -0.1) is 0 Å².